The largest absolute Gasteiger partial charge is 0.488 e. The van der Waals surface area contributed by atoms with E-state index in [1.807, 2.05) is 26.0 Å². The van der Waals surface area contributed by atoms with Gasteiger partial charge in [0.05, 0.1) is 17.7 Å². The lowest BCUT2D eigenvalue weighted by molar-refractivity contribution is -0.143. The summed E-state index contributed by atoms with van der Waals surface area (Å²) in [6.45, 7) is 5.74. The van der Waals surface area contributed by atoms with Crippen molar-refractivity contribution in [2.24, 2.45) is 0 Å². The van der Waals surface area contributed by atoms with Crippen molar-refractivity contribution < 1.29 is 18.7 Å². The molecule has 9 heteroatoms. The third-order valence-corrected chi connectivity index (χ3v) is 6.77. The first-order chi connectivity index (χ1) is 14.4. The number of carbonyl (C=O) groups is 1. The van der Waals surface area contributed by atoms with Gasteiger partial charge in [0, 0.05) is 12.0 Å². The summed E-state index contributed by atoms with van der Waals surface area (Å²) in [6, 6.07) is 3.85. The highest BCUT2D eigenvalue weighted by molar-refractivity contribution is 7.19. The van der Waals surface area contributed by atoms with Crippen LogP contribution in [0.25, 0.3) is 10.7 Å². The zero-order chi connectivity index (χ0) is 21.7. The van der Waals surface area contributed by atoms with Crippen LogP contribution in [0.15, 0.2) is 18.3 Å². The number of carbonyl (C=O) groups excluding carboxylic acids is 1. The Morgan fingerprint density at radius 2 is 2.07 bits per heavy atom. The van der Waals surface area contributed by atoms with Crippen LogP contribution < -0.4 is 4.74 Å². The van der Waals surface area contributed by atoms with Gasteiger partial charge in [-0.1, -0.05) is 17.7 Å². The van der Waals surface area contributed by atoms with Gasteiger partial charge in [-0.25, -0.2) is 9.37 Å². The fourth-order valence-corrected chi connectivity index (χ4v) is 4.73. The van der Waals surface area contributed by atoms with E-state index in [4.69, 9.17) is 21.1 Å². The molecule has 0 fully saturated rings. The number of esters is 1. The van der Waals surface area contributed by atoms with E-state index in [1.165, 1.54) is 11.3 Å². The number of hydrogen-bond acceptors (Lipinski definition) is 7. The summed E-state index contributed by atoms with van der Waals surface area (Å²) in [5, 5.41) is 0.650. The minimum atomic E-state index is -0.611. The molecule has 0 N–H and O–H groups in total. The highest BCUT2D eigenvalue weighted by Crippen LogP contribution is 2.35. The Hall–Kier alpha value is -2.03. The maximum atomic E-state index is 13.5. The van der Waals surface area contributed by atoms with Gasteiger partial charge in [-0.05, 0) is 61.5 Å². The predicted molar refractivity (Wildman–Crippen MR) is 118 cm³/mol. The van der Waals surface area contributed by atoms with Crippen LogP contribution in [0.4, 0.5) is 4.39 Å². The smallest absolute Gasteiger partial charge is 0.306 e. The SMILES string of the molecule is CCOC(=O)CCc1ccc(OCc2c(-c3ncc(Cl)s3)nsc2CF)c(C)c1C. The summed E-state index contributed by atoms with van der Waals surface area (Å²) >= 11 is 8.40. The summed E-state index contributed by atoms with van der Waals surface area (Å²) in [5.74, 6) is 0.514. The van der Waals surface area contributed by atoms with Crippen LogP contribution in [-0.2, 0) is 29.2 Å². The van der Waals surface area contributed by atoms with E-state index < -0.39 is 6.67 Å². The molecule has 3 aromatic rings. The average Bonchev–Trinajstić information content (AvgIpc) is 3.34. The summed E-state index contributed by atoms with van der Waals surface area (Å²) in [4.78, 5) is 16.4. The van der Waals surface area contributed by atoms with Gasteiger partial charge in [0.2, 0.25) is 0 Å². The molecule has 0 aliphatic heterocycles. The molecule has 0 spiro atoms. The zero-order valence-corrected chi connectivity index (χ0v) is 19.3. The molecule has 2 heterocycles. The number of thiazole rings is 1. The van der Waals surface area contributed by atoms with E-state index in [1.54, 1.807) is 13.1 Å². The number of ether oxygens (including phenoxy) is 2. The lowest BCUT2D eigenvalue weighted by Gasteiger charge is -2.15. The minimum Gasteiger partial charge on any atom is -0.488 e. The van der Waals surface area contributed by atoms with Crippen molar-refractivity contribution in [3.05, 3.63) is 49.8 Å². The van der Waals surface area contributed by atoms with E-state index in [9.17, 15) is 9.18 Å². The van der Waals surface area contributed by atoms with Crippen molar-refractivity contribution in [3.8, 4) is 16.5 Å². The number of benzene rings is 1. The highest BCUT2D eigenvalue weighted by Gasteiger charge is 2.19. The van der Waals surface area contributed by atoms with Gasteiger partial charge in [0.15, 0.2) is 0 Å². The molecule has 0 unspecified atom stereocenters. The predicted octanol–water partition coefficient (Wildman–Crippen LogP) is 6.08. The lowest BCUT2D eigenvalue weighted by Crippen LogP contribution is -2.07. The van der Waals surface area contributed by atoms with E-state index in [-0.39, 0.29) is 12.6 Å². The Labute approximate surface area is 188 Å². The van der Waals surface area contributed by atoms with Crippen LogP contribution in [0.5, 0.6) is 5.75 Å². The fourth-order valence-electron chi connectivity index (χ4n) is 3.03. The van der Waals surface area contributed by atoms with Crippen LogP contribution in [-0.4, -0.2) is 21.9 Å². The van der Waals surface area contributed by atoms with E-state index >= 15 is 0 Å². The van der Waals surface area contributed by atoms with Crippen LogP contribution in [0.1, 0.15) is 40.5 Å². The maximum absolute atomic E-state index is 13.5. The number of nitrogens with zero attached hydrogens (tertiary/aromatic N) is 2. The minimum absolute atomic E-state index is 0.185. The molecule has 0 aliphatic carbocycles. The molecule has 3 rings (SSSR count). The van der Waals surface area contributed by atoms with E-state index in [2.05, 4.69) is 9.36 Å². The van der Waals surface area contributed by atoms with Crippen molar-refractivity contribution in [2.75, 3.05) is 6.61 Å². The molecule has 160 valence electrons. The second-order valence-electron chi connectivity index (χ2n) is 6.60. The number of alkyl halides is 1. The Balaban J connectivity index is 1.76. The summed E-state index contributed by atoms with van der Waals surface area (Å²) in [6.07, 6.45) is 2.51. The molecule has 0 radical (unpaired) electrons. The van der Waals surface area contributed by atoms with E-state index in [0.29, 0.717) is 50.7 Å². The first-order valence-electron chi connectivity index (χ1n) is 9.47. The molecule has 2 aromatic heterocycles. The van der Waals surface area contributed by atoms with Gasteiger partial charge in [-0.15, -0.1) is 11.3 Å². The monoisotopic (exact) mass is 468 g/mol. The molecule has 0 amide bonds. The molecule has 0 saturated carbocycles. The fraction of sp³-hybridized carbons (Fsp3) is 0.381. The second-order valence-corrected chi connectivity index (χ2v) is 9.12. The first kappa shape index (κ1) is 22.7. The molecular formula is C21H22ClFN2O3S2. The van der Waals surface area contributed by atoms with Crippen LogP contribution >= 0.6 is 34.5 Å². The number of halogens is 2. The van der Waals surface area contributed by atoms with Gasteiger partial charge < -0.3 is 9.47 Å². The molecule has 1 aromatic carbocycles. The number of aromatic nitrogens is 2. The second kappa shape index (κ2) is 10.3. The molecule has 0 atom stereocenters. The number of hydrogen-bond donors (Lipinski definition) is 0. The molecule has 5 nitrogen and oxygen atoms in total. The van der Waals surface area contributed by atoms with Crippen molar-refractivity contribution in [2.45, 2.75) is 46.9 Å². The van der Waals surface area contributed by atoms with Crippen molar-refractivity contribution in [1.82, 2.24) is 9.36 Å². The van der Waals surface area contributed by atoms with Crippen molar-refractivity contribution in [3.63, 3.8) is 0 Å². The summed E-state index contributed by atoms with van der Waals surface area (Å²) < 4.78 is 29.4. The Kier molecular flexibility index (Phi) is 7.80. The molecular weight excluding hydrogens is 447 g/mol. The van der Waals surface area contributed by atoms with Crippen LogP contribution in [0, 0.1) is 13.8 Å². The zero-order valence-electron chi connectivity index (χ0n) is 17.0. The van der Waals surface area contributed by atoms with Gasteiger partial charge in [-0.3, -0.25) is 4.79 Å². The number of aryl methyl sites for hydroxylation is 1. The Morgan fingerprint density at radius 3 is 2.73 bits per heavy atom. The summed E-state index contributed by atoms with van der Waals surface area (Å²) in [5.41, 5.74) is 4.44. The Morgan fingerprint density at radius 1 is 1.27 bits per heavy atom. The van der Waals surface area contributed by atoms with Gasteiger partial charge in [0.1, 0.15) is 34.1 Å². The Bertz CT molecular complexity index is 1040. The third-order valence-electron chi connectivity index (χ3n) is 4.80. The molecule has 0 bridgehead atoms. The standard InChI is InChI=1S/C21H22ClFN2O3S2/c1-4-27-19(26)8-6-14-5-7-16(13(3)12(14)2)28-11-15-17(9-23)30-25-20(15)21-24-10-18(22)29-21/h5,7,10H,4,6,8-9,11H2,1-3H3. The molecule has 30 heavy (non-hydrogen) atoms. The average molecular weight is 469 g/mol. The number of rotatable bonds is 9. The van der Waals surface area contributed by atoms with Gasteiger partial charge in [-0.2, -0.15) is 4.37 Å². The van der Waals surface area contributed by atoms with Gasteiger partial charge in [0.25, 0.3) is 0 Å². The highest BCUT2D eigenvalue weighted by atomic mass is 35.5. The first-order valence-corrected chi connectivity index (χ1v) is 11.4. The van der Waals surface area contributed by atoms with Crippen molar-refractivity contribution in [1.29, 1.82) is 0 Å². The summed E-state index contributed by atoms with van der Waals surface area (Å²) in [7, 11) is 0. The lowest BCUT2D eigenvalue weighted by atomic mass is 9.99. The van der Waals surface area contributed by atoms with Crippen molar-refractivity contribution >= 4 is 40.4 Å². The van der Waals surface area contributed by atoms with E-state index in [0.717, 1.165) is 28.2 Å². The van der Waals surface area contributed by atoms with Crippen LogP contribution in [0.3, 0.4) is 0 Å². The molecule has 0 aliphatic rings. The topological polar surface area (TPSA) is 61.3 Å². The third kappa shape index (κ3) is 5.17. The quantitative estimate of drug-likeness (QED) is 0.356. The van der Waals surface area contributed by atoms with Crippen LogP contribution in [0.2, 0.25) is 4.34 Å². The normalized spacial score (nSPS) is 11.0. The maximum Gasteiger partial charge on any atom is 0.306 e. The van der Waals surface area contributed by atoms with Gasteiger partial charge >= 0.3 is 5.97 Å². The molecule has 0 saturated heterocycles.